The van der Waals surface area contributed by atoms with E-state index < -0.39 is 18.4 Å². The number of rotatable bonds is 1. The molecule has 0 amide bonds. The molecule has 1 fully saturated rings. The molecule has 0 spiro atoms. The van der Waals surface area contributed by atoms with Gasteiger partial charge in [0.05, 0.1) is 6.61 Å². The van der Waals surface area contributed by atoms with Crippen LogP contribution in [0.5, 0.6) is 0 Å². The predicted octanol–water partition coefficient (Wildman–Crippen LogP) is 0.448. The minimum atomic E-state index is -4.89. The first-order valence-electron chi connectivity index (χ1n) is 2.40. The van der Waals surface area contributed by atoms with Crippen molar-refractivity contribution in [2.45, 2.75) is 12.5 Å². The molecule has 0 aromatic rings. The van der Waals surface area contributed by atoms with Crippen molar-refractivity contribution in [3.05, 3.63) is 0 Å². The Kier molecular flexibility index (Phi) is 1.55. The zero-order valence-corrected chi connectivity index (χ0v) is 4.64. The highest BCUT2D eigenvalue weighted by atomic mass is 19.4. The highest BCUT2D eigenvalue weighted by molar-refractivity contribution is 5.77. The van der Waals surface area contributed by atoms with Crippen LogP contribution in [0.4, 0.5) is 13.2 Å². The number of hydrogen-bond donors (Lipinski definition) is 0. The number of carbonyl (C=O) groups is 1. The van der Waals surface area contributed by atoms with Gasteiger partial charge in [0.1, 0.15) is 0 Å². The molecule has 1 aliphatic rings. The molecule has 0 bridgehead atoms. The fourth-order valence-electron chi connectivity index (χ4n) is 0.364. The Hall–Kier alpha value is -0.780. The molecule has 1 atom stereocenters. The number of esters is 1. The number of epoxide rings is 1. The summed E-state index contributed by atoms with van der Waals surface area (Å²) in [5, 5.41) is 0. The third kappa shape index (κ3) is 2.22. The van der Waals surface area contributed by atoms with Crippen LogP contribution in [0, 0.1) is 0 Å². The van der Waals surface area contributed by atoms with Crippen molar-refractivity contribution in [2.24, 2.45) is 0 Å². The van der Waals surface area contributed by atoms with E-state index in [1.807, 2.05) is 0 Å². The average Bonchev–Trinajstić information content (AvgIpc) is 2.35. The molecule has 58 valence electrons. The lowest BCUT2D eigenvalue weighted by molar-refractivity contribution is -0.306. The van der Waals surface area contributed by atoms with Gasteiger partial charge in [-0.3, -0.25) is 0 Å². The van der Waals surface area contributed by atoms with E-state index >= 15 is 0 Å². The fraction of sp³-hybridized carbons (Fsp3) is 0.750. The van der Waals surface area contributed by atoms with E-state index in [4.69, 9.17) is 0 Å². The largest absolute Gasteiger partial charge is 0.575 e. The van der Waals surface area contributed by atoms with Gasteiger partial charge in [0, 0.05) is 0 Å². The highest BCUT2D eigenvalue weighted by Gasteiger charge is 2.41. The number of alkyl halides is 3. The van der Waals surface area contributed by atoms with Gasteiger partial charge in [0.25, 0.3) is 0 Å². The molecule has 1 heterocycles. The molecule has 0 aromatic carbocycles. The van der Waals surface area contributed by atoms with E-state index in [0.29, 0.717) is 0 Å². The van der Waals surface area contributed by atoms with E-state index in [9.17, 15) is 18.0 Å². The second kappa shape index (κ2) is 2.12. The maximum Gasteiger partial charge on any atom is 0.575 e. The minimum Gasteiger partial charge on any atom is -0.371 e. The maximum atomic E-state index is 11.2. The highest BCUT2D eigenvalue weighted by Crippen LogP contribution is 2.20. The van der Waals surface area contributed by atoms with Gasteiger partial charge in [-0.25, -0.2) is 4.79 Å². The summed E-state index contributed by atoms with van der Waals surface area (Å²) in [5.74, 6) is -1.37. The standard InChI is InChI=1S/C4H3F3O3/c5-4(6,7)10-3(8)2-1-9-2/h2H,1H2. The maximum absolute atomic E-state index is 11.2. The molecule has 0 N–H and O–H groups in total. The van der Waals surface area contributed by atoms with Crippen molar-refractivity contribution in [3.8, 4) is 0 Å². The van der Waals surface area contributed by atoms with Gasteiger partial charge in [0.2, 0.25) is 0 Å². The second-order valence-corrected chi connectivity index (χ2v) is 1.69. The molecule has 0 aliphatic carbocycles. The van der Waals surface area contributed by atoms with E-state index in [1.165, 1.54) is 0 Å². The molecule has 1 unspecified atom stereocenters. The SMILES string of the molecule is O=C(OC(F)(F)F)C1CO1. The smallest absolute Gasteiger partial charge is 0.371 e. The zero-order chi connectivity index (χ0) is 7.78. The summed E-state index contributed by atoms with van der Waals surface area (Å²) >= 11 is 0. The molecule has 1 saturated heterocycles. The molecule has 0 saturated carbocycles. The Morgan fingerprint density at radius 1 is 1.60 bits per heavy atom. The van der Waals surface area contributed by atoms with Crippen LogP contribution in [0.3, 0.4) is 0 Å². The number of halogens is 3. The lowest BCUT2D eigenvalue weighted by atomic mass is 10.5. The number of carbonyl (C=O) groups excluding carboxylic acids is 1. The van der Waals surface area contributed by atoms with Crippen LogP contribution in [0.2, 0.25) is 0 Å². The van der Waals surface area contributed by atoms with Crippen LogP contribution >= 0.6 is 0 Å². The summed E-state index contributed by atoms with van der Waals surface area (Å²) in [6, 6.07) is 0. The monoisotopic (exact) mass is 156 g/mol. The number of ether oxygens (including phenoxy) is 2. The minimum absolute atomic E-state index is 0.0227. The van der Waals surface area contributed by atoms with Crippen LogP contribution in [0.25, 0.3) is 0 Å². The molecule has 6 heteroatoms. The third-order valence-corrected chi connectivity index (χ3v) is 0.813. The molecule has 1 rings (SSSR count). The van der Waals surface area contributed by atoms with Gasteiger partial charge in [-0.15, -0.1) is 13.2 Å². The third-order valence-electron chi connectivity index (χ3n) is 0.813. The number of hydrogen-bond acceptors (Lipinski definition) is 3. The van der Waals surface area contributed by atoms with Crippen molar-refractivity contribution < 1.29 is 27.4 Å². The van der Waals surface area contributed by atoms with E-state index in [-0.39, 0.29) is 6.61 Å². The summed E-state index contributed by atoms with van der Waals surface area (Å²) in [4.78, 5) is 10.2. The molecular weight excluding hydrogens is 153 g/mol. The van der Waals surface area contributed by atoms with E-state index in [0.717, 1.165) is 0 Å². The normalized spacial score (nSPS) is 24.1. The first-order valence-corrected chi connectivity index (χ1v) is 2.40. The van der Waals surface area contributed by atoms with Gasteiger partial charge in [-0.1, -0.05) is 0 Å². The molecule has 0 aromatic heterocycles. The van der Waals surface area contributed by atoms with Gasteiger partial charge in [0.15, 0.2) is 6.10 Å². The molecule has 3 nitrogen and oxygen atoms in total. The fourth-order valence-corrected chi connectivity index (χ4v) is 0.364. The lowest BCUT2D eigenvalue weighted by Crippen LogP contribution is -2.22. The van der Waals surface area contributed by atoms with Crippen LogP contribution in [0.15, 0.2) is 0 Å². The molecule has 1 aliphatic heterocycles. The summed E-state index contributed by atoms with van der Waals surface area (Å²) in [6.45, 7) is 0.0227. The average molecular weight is 156 g/mol. The second-order valence-electron chi connectivity index (χ2n) is 1.69. The summed E-state index contributed by atoms with van der Waals surface area (Å²) in [5.41, 5.74) is 0. The van der Waals surface area contributed by atoms with Gasteiger partial charge < -0.3 is 9.47 Å². The summed E-state index contributed by atoms with van der Waals surface area (Å²) < 4.78 is 40.8. The van der Waals surface area contributed by atoms with Crippen molar-refractivity contribution in [3.63, 3.8) is 0 Å². The van der Waals surface area contributed by atoms with Crippen LogP contribution < -0.4 is 0 Å². The topological polar surface area (TPSA) is 38.8 Å². The zero-order valence-electron chi connectivity index (χ0n) is 4.64. The molecule has 10 heavy (non-hydrogen) atoms. The van der Waals surface area contributed by atoms with E-state index in [1.54, 1.807) is 0 Å². The van der Waals surface area contributed by atoms with Crippen LogP contribution in [-0.4, -0.2) is 25.0 Å². The van der Waals surface area contributed by atoms with E-state index in [2.05, 4.69) is 9.47 Å². The van der Waals surface area contributed by atoms with Crippen LogP contribution in [0.1, 0.15) is 0 Å². The lowest BCUT2D eigenvalue weighted by Gasteiger charge is -2.03. The molecular formula is C4H3F3O3. The first-order chi connectivity index (χ1) is 4.49. The van der Waals surface area contributed by atoms with Crippen molar-refractivity contribution in [2.75, 3.05) is 6.61 Å². The summed E-state index contributed by atoms with van der Waals surface area (Å²) in [7, 11) is 0. The Balaban J connectivity index is 2.30. The van der Waals surface area contributed by atoms with Gasteiger partial charge in [-0.2, -0.15) is 0 Å². The molecule has 0 radical (unpaired) electrons. The van der Waals surface area contributed by atoms with Crippen LogP contribution in [-0.2, 0) is 14.3 Å². The van der Waals surface area contributed by atoms with Crippen molar-refractivity contribution in [1.82, 2.24) is 0 Å². The quantitative estimate of drug-likeness (QED) is 0.408. The van der Waals surface area contributed by atoms with Crippen molar-refractivity contribution in [1.29, 1.82) is 0 Å². The Labute approximate surface area is 53.7 Å². The Morgan fingerprint density at radius 2 is 2.10 bits per heavy atom. The van der Waals surface area contributed by atoms with Gasteiger partial charge in [-0.05, 0) is 0 Å². The Bertz CT molecular complexity index is 148. The van der Waals surface area contributed by atoms with Crippen molar-refractivity contribution >= 4 is 5.97 Å². The van der Waals surface area contributed by atoms with Gasteiger partial charge >= 0.3 is 12.3 Å². The first kappa shape index (κ1) is 7.33. The Morgan fingerprint density at radius 3 is 2.40 bits per heavy atom. The predicted molar refractivity (Wildman–Crippen MR) is 21.9 cm³/mol. The summed E-state index contributed by atoms with van der Waals surface area (Å²) in [6.07, 6.45) is -5.88.